The summed E-state index contributed by atoms with van der Waals surface area (Å²) in [6.45, 7) is 5.47. The van der Waals surface area contributed by atoms with Crippen molar-refractivity contribution in [2.45, 2.75) is 33.9 Å². The van der Waals surface area contributed by atoms with Crippen molar-refractivity contribution in [2.75, 3.05) is 19.6 Å². The summed E-state index contributed by atoms with van der Waals surface area (Å²) in [6.07, 6.45) is 0. The highest BCUT2D eigenvalue weighted by Gasteiger charge is 2.20. The number of benzene rings is 2. The van der Waals surface area contributed by atoms with Crippen LogP contribution in [0.5, 0.6) is 5.75 Å². The van der Waals surface area contributed by atoms with E-state index in [1.807, 2.05) is 31.2 Å². The Bertz CT molecular complexity index is 1430. The van der Waals surface area contributed by atoms with Crippen LogP contribution < -0.4 is 27.6 Å². The summed E-state index contributed by atoms with van der Waals surface area (Å²) in [5.41, 5.74) is 0.389. The van der Waals surface area contributed by atoms with Gasteiger partial charge in [-0.2, -0.15) is 4.68 Å². The van der Waals surface area contributed by atoms with Crippen molar-refractivity contribution in [3.8, 4) is 5.75 Å². The number of hydrogen-bond donors (Lipinski definition) is 1. The minimum Gasteiger partial charge on any atom is -0.491 e. The standard InChI is InChI=1S/C24H27Cl2N5O5/c1-5-36-20-18(25)10-17(11-19(20)26)28-22-29(13-16-8-6-14(2)7-9-16)23(33)30(24(34)31(22)27)12-15(3)21(32)35-4/h6-11,15H,5,12-13,27H2,1-4H3/b28-22-/t15-/m0/s1. The van der Waals surface area contributed by atoms with Gasteiger partial charge < -0.3 is 15.3 Å². The average molecular weight is 536 g/mol. The van der Waals surface area contributed by atoms with Crippen molar-refractivity contribution in [2.24, 2.45) is 10.9 Å². The molecule has 0 amide bonds. The number of ether oxygens (including phenoxy) is 2. The van der Waals surface area contributed by atoms with Crippen molar-refractivity contribution in [3.63, 3.8) is 0 Å². The van der Waals surface area contributed by atoms with Gasteiger partial charge in [-0.1, -0.05) is 60.0 Å². The fourth-order valence-electron chi connectivity index (χ4n) is 3.50. The van der Waals surface area contributed by atoms with Crippen LogP contribution in [0.15, 0.2) is 51.0 Å². The zero-order chi connectivity index (χ0) is 26.6. The van der Waals surface area contributed by atoms with Gasteiger partial charge in [0, 0.05) is 6.54 Å². The number of carbonyl (C=O) groups is 1. The van der Waals surface area contributed by atoms with E-state index in [1.54, 1.807) is 13.8 Å². The summed E-state index contributed by atoms with van der Waals surface area (Å²) in [6, 6.07) is 10.5. The van der Waals surface area contributed by atoms with Gasteiger partial charge in [0.25, 0.3) is 0 Å². The van der Waals surface area contributed by atoms with E-state index in [-0.39, 0.29) is 34.4 Å². The van der Waals surface area contributed by atoms with Gasteiger partial charge in [0.1, 0.15) is 0 Å². The SMILES string of the molecule is CCOc1c(Cl)cc(/N=c2\n(N)c(=O)n(C[C@H](C)C(=O)OC)c(=O)n2Cc2ccc(C)cc2)cc1Cl. The molecule has 1 aromatic heterocycles. The Labute approximate surface area is 217 Å². The Morgan fingerprint density at radius 2 is 1.69 bits per heavy atom. The van der Waals surface area contributed by atoms with Crippen molar-refractivity contribution in [1.82, 2.24) is 13.8 Å². The van der Waals surface area contributed by atoms with Gasteiger partial charge >= 0.3 is 17.3 Å². The second-order valence-corrected chi connectivity index (χ2v) is 8.94. The highest BCUT2D eigenvalue weighted by atomic mass is 35.5. The normalized spacial score (nSPS) is 12.4. The van der Waals surface area contributed by atoms with Crippen LogP contribution in [0.1, 0.15) is 25.0 Å². The number of methoxy groups -OCH3 is 1. The van der Waals surface area contributed by atoms with Crippen molar-refractivity contribution >= 4 is 34.9 Å². The molecule has 1 heterocycles. The van der Waals surface area contributed by atoms with Gasteiger partial charge in [0.2, 0.25) is 5.62 Å². The molecule has 36 heavy (non-hydrogen) atoms. The molecule has 10 nitrogen and oxygen atoms in total. The molecular formula is C24H27Cl2N5O5. The molecule has 12 heteroatoms. The fourth-order valence-corrected chi connectivity index (χ4v) is 4.09. The number of nitrogens with zero attached hydrogens (tertiary/aromatic N) is 4. The number of hydrogen-bond acceptors (Lipinski definition) is 7. The lowest BCUT2D eigenvalue weighted by atomic mass is 10.1. The number of aryl methyl sites for hydroxylation is 1. The lowest BCUT2D eigenvalue weighted by molar-refractivity contribution is -0.145. The number of halogens is 2. The Morgan fingerprint density at radius 3 is 2.25 bits per heavy atom. The molecular weight excluding hydrogens is 509 g/mol. The number of esters is 1. The molecule has 0 aliphatic heterocycles. The highest BCUT2D eigenvalue weighted by Crippen LogP contribution is 2.36. The topological polar surface area (TPSA) is 123 Å². The molecule has 0 spiro atoms. The van der Waals surface area contributed by atoms with Crippen molar-refractivity contribution in [1.29, 1.82) is 0 Å². The molecule has 0 aliphatic carbocycles. The third-order valence-electron chi connectivity index (χ3n) is 5.38. The molecule has 2 N–H and O–H groups in total. The molecule has 1 atom stereocenters. The van der Waals surface area contributed by atoms with Gasteiger partial charge in [0.15, 0.2) is 5.75 Å². The van der Waals surface area contributed by atoms with Crippen LogP contribution >= 0.6 is 23.2 Å². The van der Waals surface area contributed by atoms with Crippen LogP contribution in [0.25, 0.3) is 0 Å². The first-order valence-corrected chi connectivity index (χ1v) is 11.8. The number of aromatic nitrogens is 3. The van der Waals surface area contributed by atoms with E-state index < -0.39 is 23.3 Å². The second-order valence-electron chi connectivity index (χ2n) is 8.13. The quantitative estimate of drug-likeness (QED) is 0.349. The molecule has 0 unspecified atom stereocenters. The van der Waals surface area contributed by atoms with Crippen molar-refractivity contribution in [3.05, 3.63) is 84.2 Å². The smallest absolute Gasteiger partial charge is 0.353 e. The Kier molecular flexibility index (Phi) is 8.65. The molecule has 0 fully saturated rings. The molecule has 0 bridgehead atoms. The lowest BCUT2D eigenvalue weighted by Crippen LogP contribution is -2.58. The zero-order valence-corrected chi connectivity index (χ0v) is 21.8. The lowest BCUT2D eigenvalue weighted by Gasteiger charge is -2.16. The maximum Gasteiger partial charge on any atom is 0.353 e. The molecule has 192 valence electrons. The van der Waals surface area contributed by atoms with E-state index in [2.05, 4.69) is 4.99 Å². The molecule has 2 aromatic carbocycles. The first-order valence-electron chi connectivity index (χ1n) is 11.1. The van der Waals surface area contributed by atoms with Gasteiger partial charge in [-0.25, -0.2) is 19.1 Å². The maximum absolute atomic E-state index is 13.5. The third kappa shape index (κ3) is 5.83. The van der Waals surface area contributed by atoms with Crippen molar-refractivity contribution < 1.29 is 14.3 Å². The maximum atomic E-state index is 13.5. The van der Waals surface area contributed by atoms with Crippen LogP contribution in [0.4, 0.5) is 5.69 Å². The highest BCUT2D eigenvalue weighted by molar-refractivity contribution is 6.37. The number of nitrogen functional groups attached to an aromatic ring is 1. The summed E-state index contributed by atoms with van der Waals surface area (Å²) in [7, 11) is 1.23. The van der Waals surface area contributed by atoms with E-state index in [1.165, 1.54) is 23.8 Å². The van der Waals surface area contributed by atoms with E-state index in [0.717, 1.165) is 20.4 Å². The third-order valence-corrected chi connectivity index (χ3v) is 5.94. The van der Waals surface area contributed by atoms with Gasteiger partial charge in [-0.15, -0.1) is 0 Å². The number of nitrogens with two attached hydrogens (primary N) is 1. The summed E-state index contributed by atoms with van der Waals surface area (Å²) < 4.78 is 13.0. The van der Waals surface area contributed by atoms with Crippen LogP contribution in [0, 0.1) is 12.8 Å². The summed E-state index contributed by atoms with van der Waals surface area (Å²) >= 11 is 12.6. The predicted molar refractivity (Wildman–Crippen MR) is 137 cm³/mol. The fraction of sp³-hybridized carbons (Fsp3) is 0.333. The summed E-state index contributed by atoms with van der Waals surface area (Å²) in [4.78, 5) is 43.0. The molecule has 3 rings (SSSR count). The molecule has 3 aromatic rings. The van der Waals surface area contributed by atoms with Gasteiger partial charge in [-0.05, 0) is 31.5 Å². The number of rotatable bonds is 8. The van der Waals surface area contributed by atoms with Crippen LogP contribution in [-0.2, 0) is 22.6 Å². The summed E-state index contributed by atoms with van der Waals surface area (Å²) in [5, 5.41) is 0.415. The first-order chi connectivity index (χ1) is 17.1. The largest absolute Gasteiger partial charge is 0.491 e. The molecule has 0 saturated heterocycles. The van der Waals surface area contributed by atoms with Gasteiger partial charge in [0.05, 0.1) is 41.9 Å². The Hall–Kier alpha value is -3.50. The molecule has 0 saturated carbocycles. The van der Waals surface area contributed by atoms with Crippen LogP contribution in [0.3, 0.4) is 0 Å². The van der Waals surface area contributed by atoms with E-state index in [9.17, 15) is 14.4 Å². The Balaban J connectivity index is 2.27. The van der Waals surface area contributed by atoms with E-state index >= 15 is 0 Å². The minimum atomic E-state index is -0.849. The average Bonchev–Trinajstić information content (AvgIpc) is 2.85. The minimum absolute atomic E-state index is 0.0561. The second kappa shape index (κ2) is 11.5. The predicted octanol–water partition coefficient (Wildman–Crippen LogP) is 2.63. The van der Waals surface area contributed by atoms with Gasteiger partial charge in [-0.3, -0.25) is 9.36 Å². The molecule has 0 aliphatic rings. The monoisotopic (exact) mass is 535 g/mol. The summed E-state index contributed by atoms with van der Waals surface area (Å²) in [5.74, 6) is 5.10. The zero-order valence-electron chi connectivity index (χ0n) is 20.3. The molecule has 0 radical (unpaired) electrons. The van der Waals surface area contributed by atoms with Crippen LogP contribution in [-0.4, -0.2) is 33.5 Å². The van der Waals surface area contributed by atoms with E-state index in [0.29, 0.717) is 12.4 Å². The van der Waals surface area contributed by atoms with E-state index in [4.69, 9.17) is 38.5 Å². The first kappa shape index (κ1) is 27.1. The van der Waals surface area contributed by atoms with Crippen LogP contribution in [0.2, 0.25) is 10.0 Å². The Morgan fingerprint density at radius 1 is 1.08 bits per heavy atom. The number of carbonyl (C=O) groups excluding carboxylic acids is 1.